The van der Waals surface area contributed by atoms with Crippen molar-refractivity contribution in [3.63, 3.8) is 0 Å². The summed E-state index contributed by atoms with van der Waals surface area (Å²) >= 11 is 7.81. The van der Waals surface area contributed by atoms with Gasteiger partial charge in [0, 0.05) is 6.54 Å². The number of fused-ring (bicyclic) bond motifs is 1. The summed E-state index contributed by atoms with van der Waals surface area (Å²) in [7, 11) is 0. The Labute approximate surface area is 149 Å². The van der Waals surface area contributed by atoms with Gasteiger partial charge in [0.2, 0.25) is 0 Å². The van der Waals surface area contributed by atoms with E-state index in [4.69, 9.17) is 11.6 Å². The van der Waals surface area contributed by atoms with Crippen molar-refractivity contribution >= 4 is 44.2 Å². The van der Waals surface area contributed by atoms with Crippen LogP contribution in [-0.4, -0.2) is 20.7 Å². The highest BCUT2D eigenvalue weighted by Gasteiger charge is 2.21. The quantitative estimate of drug-likeness (QED) is 0.733. The molecule has 3 aromatic rings. The Balaban J connectivity index is 1.87. The molecular weight excluding hydrogens is 344 g/mol. The maximum atomic E-state index is 12.6. The molecule has 5 nitrogen and oxygen atoms in total. The summed E-state index contributed by atoms with van der Waals surface area (Å²) in [5.41, 5.74) is 3.07. The number of nitrogens with one attached hydrogen (secondary N) is 1. The zero-order valence-electron chi connectivity index (χ0n) is 14.1. The minimum Gasteiger partial charge on any atom is -0.298 e. The Hall–Kier alpha value is -1.92. The SMILES string of the molecule is Cc1ccc2nc(NC(=O)c3c(C)nn(CC(C)C)c3Cl)sc2c1. The number of rotatable bonds is 4. The monoisotopic (exact) mass is 362 g/mol. The van der Waals surface area contributed by atoms with E-state index in [1.807, 2.05) is 19.1 Å². The molecule has 0 bridgehead atoms. The minimum atomic E-state index is -0.275. The first-order valence-corrected chi connectivity index (χ1v) is 8.96. The van der Waals surface area contributed by atoms with Crippen molar-refractivity contribution < 1.29 is 4.79 Å². The van der Waals surface area contributed by atoms with Crippen molar-refractivity contribution in [2.24, 2.45) is 5.92 Å². The molecule has 0 aliphatic carbocycles. The summed E-state index contributed by atoms with van der Waals surface area (Å²) in [6.07, 6.45) is 0. The molecule has 2 heterocycles. The zero-order chi connectivity index (χ0) is 17.4. The van der Waals surface area contributed by atoms with Gasteiger partial charge in [-0.1, -0.05) is 42.9 Å². The fraction of sp³-hybridized carbons (Fsp3) is 0.353. The van der Waals surface area contributed by atoms with Crippen molar-refractivity contribution in [2.45, 2.75) is 34.2 Å². The van der Waals surface area contributed by atoms with Gasteiger partial charge < -0.3 is 0 Å². The molecule has 0 aliphatic heterocycles. The van der Waals surface area contributed by atoms with Crippen molar-refractivity contribution in [3.8, 4) is 0 Å². The number of amides is 1. The lowest BCUT2D eigenvalue weighted by atomic mass is 10.2. The molecule has 0 unspecified atom stereocenters. The van der Waals surface area contributed by atoms with Gasteiger partial charge in [-0.2, -0.15) is 5.10 Å². The summed E-state index contributed by atoms with van der Waals surface area (Å²) in [4.78, 5) is 17.1. The molecular formula is C17H19ClN4OS. The van der Waals surface area contributed by atoms with Gasteiger partial charge in [0.1, 0.15) is 5.15 Å². The van der Waals surface area contributed by atoms with E-state index < -0.39 is 0 Å². The predicted molar refractivity (Wildman–Crippen MR) is 99.1 cm³/mol. The fourth-order valence-corrected chi connectivity index (χ4v) is 3.81. The first-order valence-electron chi connectivity index (χ1n) is 7.76. The van der Waals surface area contributed by atoms with Gasteiger partial charge in [0.05, 0.1) is 21.5 Å². The second-order valence-corrected chi connectivity index (χ2v) is 7.66. The lowest BCUT2D eigenvalue weighted by Crippen LogP contribution is -2.13. The molecule has 0 spiro atoms. The van der Waals surface area contributed by atoms with Crippen molar-refractivity contribution in [1.29, 1.82) is 0 Å². The van der Waals surface area contributed by atoms with Gasteiger partial charge in [-0.15, -0.1) is 0 Å². The lowest BCUT2D eigenvalue weighted by Gasteiger charge is -2.06. The van der Waals surface area contributed by atoms with Crippen LogP contribution in [0.3, 0.4) is 0 Å². The molecule has 1 amide bonds. The Morgan fingerprint density at radius 1 is 1.38 bits per heavy atom. The second-order valence-electron chi connectivity index (χ2n) is 6.27. The van der Waals surface area contributed by atoms with Gasteiger partial charge in [0.15, 0.2) is 5.13 Å². The van der Waals surface area contributed by atoms with E-state index in [0.717, 1.165) is 15.8 Å². The molecule has 1 N–H and O–H groups in total. The third kappa shape index (κ3) is 3.30. The Kier molecular flexibility index (Phi) is 4.60. The average Bonchev–Trinajstić information content (AvgIpc) is 2.98. The minimum absolute atomic E-state index is 0.275. The number of aromatic nitrogens is 3. The molecule has 0 radical (unpaired) electrons. The number of carbonyl (C=O) groups is 1. The molecule has 0 fully saturated rings. The number of carbonyl (C=O) groups excluding carboxylic acids is 1. The van der Waals surface area contributed by atoms with Crippen LogP contribution in [0, 0.1) is 19.8 Å². The summed E-state index contributed by atoms with van der Waals surface area (Å²) in [6, 6.07) is 6.02. The lowest BCUT2D eigenvalue weighted by molar-refractivity contribution is 0.102. The summed E-state index contributed by atoms with van der Waals surface area (Å²) < 4.78 is 2.72. The molecule has 24 heavy (non-hydrogen) atoms. The number of anilines is 1. The standard InChI is InChI=1S/C17H19ClN4OS/c1-9(2)8-22-15(18)14(11(4)21-22)16(23)20-17-19-12-6-5-10(3)7-13(12)24-17/h5-7,9H,8H2,1-4H3,(H,19,20,23). The maximum Gasteiger partial charge on any atom is 0.262 e. The van der Waals surface area contributed by atoms with Gasteiger partial charge >= 0.3 is 0 Å². The van der Waals surface area contributed by atoms with E-state index in [2.05, 4.69) is 35.3 Å². The average molecular weight is 363 g/mol. The highest BCUT2D eigenvalue weighted by atomic mass is 35.5. The largest absolute Gasteiger partial charge is 0.298 e. The van der Waals surface area contributed by atoms with E-state index in [-0.39, 0.29) is 5.91 Å². The van der Waals surface area contributed by atoms with Crippen LogP contribution >= 0.6 is 22.9 Å². The predicted octanol–water partition coefficient (Wildman–Crippen LogP) is 4.67. The fourth-order valence-electron chi connectivity index (χ4n) is 2.52. The molecule has 0 atom stereocenters. The highest BCUT2D eigenvalue weighted by molar-refractivity contribution is 7.22. The number of hydrogen-bond acceptors (Lipinski definition) is 4. The number of benzene rings is 1. The van der Waals surface area contributed by atoms with Crippen LogP contribution in [-0.2, 0) is 6.54 Å². The van der Waals surface area contributed by atoms with Gasteiger partial charge in [-0.3, -0.25) is 14.8 Å². The number of nitrogens with zero attached hydrogens (tertiary/aromatic N) is 3. The second kappa shape index (κ2) is 6.53. The van der Waals surface area contributed by atoms with E-state index in [0.29, 0.717) is 34.0 Å². The van der Waals surface area contributed by atoms with Crippen LogP contribution in [0.25, 0.3) is 10.2 Å². The maximum absolute atomic E-state index is 12.6. The Morgan fingerprint density at radius 2 is 2.12 bits per heavy atom. The van der Waals surface area contributed by atoms with Crippen molar-refractivity contribution in [3.05, 3.63) is 40.2 Å². The molecule has 7 heteroatoms. The van der Waals surface area contributed by atoms with Gasteiger partial charge in [-0.25, -0.2) is 4.98 Å². The summed E-state index contributed by atoms with van der Waals surface area (Å²) in [5, 5.41) is 8.15. The van der Waals surface area contributed by atoms with E-state index >= 15 is 0 Å². The van der Waals surface area contributed by atoms with E-state index in [1.54, 1.807) is 11.6 Å². The van der Waals surface area contributed by atoms with E-state index in [9.17, 15) is 4.79 Å². The zero-order valence-corrected chi connectivity index (χ0v) is 15.6. The first-order chi connectivity index (χ1) is 11.3. The van der Waals surface area contributed by atoms with E-state index in [1.165, 1.54) is 11.3 Å². The molecule has 2 aromatic heterocycles. The molecule has 1 aromatic carbocycles. The molecule has 0 saturated carbocycles. The normalized spacial score (nSPS) is 11.4. The topological polar surface area (TPSA) is 59.8 Å². The third-order valence-corrected chi connectivity index (χ3v) is 4.91. The number of aryl methyl sites for hydroxylation is 2. The van der Waals surface area contributed by atoms with Crippen LogP contribution < -0.4 is 5.32 Å². The Bertz CT molecular complexity index is 913. The number of halogens is 1. The summed E-state index contributed by atoms with van der Waals surface area (Å²) in [6.45, 7) is 8.66. The highest BCUT2D eigenvalue weighted by Crippen LogP contribution is 2.28. The Morgan fingerprint density at radius 3 is 2.83 bits per heavy atom. The van der Waals surface area contributed by atoms with Gasteiger partial charge in [0.25, 0.3) is 5.91 Å². The molecule has 0 saturated heterocycles. The third-order valence-electron chi connectivity index (χ3n) is 3.59. The smallest absolute Gasteiger partial charge is 0.262 e. The summed E-state index contributed by atoms with van der Waals surface area (Å²) in [5.74, 6) is 0.119. The van der Waals surface area contributed by atoms with Gasteiger partial charge in [-0.05, 0) is 37.5 Å². The van der Waals surface area contributed by atoms with Crippen LogP contribution in [0.4, 0.5) is 5.13 Å². The van der Waals surface area contributed by atoms with Crippen molar-refractivity contribution in [1.82, 2.24) is 14.8 Å². The molecule has 3 rings (SSSR count). The van der Waals surface area contributed by atoms with Crippen LogP contribution in [0.5, 0.6) is 0 Å². The van der Waals surface area contributed by atoms with Crippen LogP contribution in [0.15, 0.2) is 18.2 Å². The first kappa shape index (κ1) is 16.9. The molecule has 0 aliphatic rings. The van der Waals surface area contributed by atoms with Crippen LogP contribution in [0.1, 0.15) is 35.5 Å². The number of thiazole rings is 1. The molecule has 126 valence electrons. The van der Waals surface area contributed by atoms with Crippen LogP contribution in [0.2, 0.25) is 5.15 Å². The van der Waals surface area contributed by atoms with Crippen molar-refractivity contribution in [2.75, 3.05) is 5.32 Å². The number of hydrogen-bond donors (Lipinski definition) is 1.